The van der Waals surface area contributed by atoms with E-state index in [1.54, 1.807) is 30.3 Å². The highest BCUT2D eigenvalue weighted by Crippen LogP contribution is 2.15. The summed E-state index contributed by atoms with van der Waals surface area (Å²) in [5.41, 5.74) is 0.544. The van der Waals surface area contributed by atoms with Crippen molar-refractivity contribution in [2.24, 2.45) is 0 Å². The Bertz CT molecular complexity index is 441. The summed E-state index contributed by atoms with van der Waals surface area (Å²) in [7, 11) is 0. The van der Waals surface area contributed by atoms with Gasteiger partial charge in [-0.05, 0) is 30.7 Å². The number of amides is 2. The molecule has 1 rings (SSSR count). The van der Waals surface area contributed by atoms with Crippen LogP contribution in [0.25, 0.3) is 0 Å². The Kier molecular flexibility index (Phi) is 6.15. The largest absolute Gasteiger partial charge is 0.490 e. The predicted molar refractivity (Wildman–Crippen MR) is 74.1 cm³/mol. The Labute approximate surface area is 112 Å². The number of anilines is 1. The zero-order chi connectivity index (χ0) is 14.1. The number of carbonyl (C=O) groups is 2. The summed E-state index contributed by atoms with van der Waals surface area (Å²) in [5.74, 6) is -0.629. The molecule has 0 aliphatic heterocycles. The van der Waals surface area contributed by atoms with Gasteiger partial charge in [-0.3, -0.25) is 9.59 Å². The summed E-state index contributed by atoms with van der Waals surface area (Å²) >= 11 is 0. The van der Waals surface area contributed by atoms with Crippen LogP contribution in [0.3, 0.4) is 0 Å². The van der Waals surface area contributed by atoms with Crippen molar-refractivity contribution in [2.75, 3.05) is 18.5 Å². The quantitative estimate of drug-likeness (QED) is 0.606. The molecule has 1 aromatic rings. The predicted octanol–water partition coefficient (Wildman–Crippen LogP) is 1.72. The topological polar surface area (TPSA) is 67.4 Å². The number of hydrogen-bond donors (Lipinski definition) is 2. The van der Waals surface area contributed by atoms with Crippen molar-refractivity contribution in [3.05, 3.63) is 36.9 Å². The van der Waals surface area contributed by atoms with E-state index in [9.17, 15) is 9.59 Å². The number of ether oxygens (including phenoxy) is 1. The molecule has 5 nitrogen and oxygen atoms in total. The summed E-state index contributed by atoms with van der Waals surface area (Å²) in [6, 6.07) is 6.76. The zero-order valence-corrected chi connectivity index (χ0v) is 10.9. The van der Waals surface area contributed by atoms with Crippen LogP contribution >= 0.6 is 0 Å². The second kappa shape index (κ2) is 7.92. The molecule has 0 saturated carbocycles. The highest BCUT2D eigenvalue weighted by atomic mass is 16.5. The van der Waals surface area contributed by atoms with Gasteiger partial charge in [-0.2, -0.15) is 0 Å². The molecule has 0 aromatic heterocycles. The minimum atomic E-state index is -0.673. The third-order valence-electron chi connectivity index (χ3n) is 2.22. The van der Waals surface area contributed by atoms with Crippen LogP contribution in [0, 0.1) is 0 Å². The van der Waals surface area contributed by atoms with E-state index in [1.165, 1.54) is 0 Å². The molecular formula is C14H18N2O3. The molecule has 0 saturated heterocycles. The first-order valence-corrected chi connectivity index (χ1v) is 6.10. The lowest BCUT2D eigenvalue weighted by Gasteiger charge is -2.07. The van der Waals surface area contributed by atoms with Crippen molar-refractivity contribution >= 4 is 17.5 Å². The molecule has 0 aliphatic rings. The lowest BCUT2D eigenvalue weighted by atomic mass is 10.3. The first-order valence-electron chi connectivity index (χ1n) is 6.10. The standard InChI is InChI=1S/C14H18N2O3/c1-3-9-15-13(17)14(18)16-11-5-7-12(8-6-11)19-10-4-2/h4-8H,2-3,9-10H2,1H3,(H,15,17)(H,16,18). The average molecular weight is 262 g/mol. The van der Waals surface area contributed by atoms with Gasteiger partial charge in [-0.15, -0.1) is 0 Å². The maximum absolute atomic E-state index is 11.5. The van der Waals surface area contributed by atoms with Crippen LogP contribution in [-0.2, 0) is 9.59 Å². The third-order valence-corrected chi connectivity index (χ3v) is 2.22. The first kappa shape index (κ1) is 14.8. The molecule has 2 N–H and O–H groups in total. The molecule has 0 fully saturated rings. The summed E-state index contributed by atoms with van der Waals surface area (Å²) in [6.07, 6.45) is 2.43. The van der Waals surface area contributed by atoms with E-state index in [0.29, 0.717) is 24.6 Å². The van der Waals surface area contributed by atoms with E-state index < -0.39 is 11.8 Å². The lowest BCUT2D eigenvalue weighted by molar-refractivity contribution is -0.136. The number of nitrogens with one attached hydrogen (secondary N) is 2. The van der Waals surface area contributed by atoms with Crippen LogP contribution in [0.2, 0.25) is 0 Å². The monoisotopic (exact) mass is 262 g/mol. The van der Waals surface area contributed by atoms with Gasteiger partial charge >= 0.3 is 11.8 Å². The van der Waals surface area contributed by atoms with Crippen LogP contribution in [-0.4, -0.2) is 25.0 Å². The second-order valence-electron chi connectivity index (χ2n) is 3.83. The van der Waals surface area contributed by atoms with Gasteiger partial charge in [-0.25, -0.2) is 0 Å². The second-order valence-corrected chi connectivity index (χ2v) is 3.83. The van der Waals surface area contributed by atoms with Crippen molar-refractivity contribution in [3.63, 3.8) is 0 Å². The molecule has 102 valence electrons. The molecule has 0 spiro atoms. The average Bonchev–Trinajstić information content (AvgIpc) is 2.43. The van der Waals surface area contributed by atoms with Crippen molar-refractivity contribution in [2.45, 2.75) is 13.3 Å². The van der Waals surface area contributed by atoms with Gasteiger partial charge < -0.3 is 15.4 Å². The van der Waals surface area contributed by atoms with E-state index >= 15 is 0 Å². The van der Waals surface area contributed by atoms with Gasteiger partial charge in [0.05, 0.1) is 0 Å². The first-order chi connectivity index (χ1) is 9.17. The summed E-state index contributed by atoms with van der Waals surface area (Å²) in [4.78, 5) is 22.9. The molecule has 1 aromatic carbocycles. The van der Waals surface area contributed by atoms with Crippen LogP contribution in [0.1, 0.15) is 13.3 Å². The molecule has 2 amide bonds. The number of carbonyl (C=O) groups excluding carboxylic acids is 2. The van der Waals surface area contributed by atoms with E-state index in [2.05, 4.69) is 17.2 Å². The smallest absolute Gasteiger partial charge is 0.313 e. The Morgan fingerprint density at radius 3 is 2.53 bits per heavy atom. The third kappa shape index (κ3) is 5.25. The Morgan fingerprint density at radius 2 is 1.95 bits per heavy atom. The molecule has 0 heterocycles. The highest BCUT2D eigenvalue weighted by molar-refractivity contribution is 6.39. The molecule has 0 bridgehead atoms. The fourth-order valence-electron chi connectivity index (χ4n) is 1.30. The fourth-order valence-corrected chi connectivity index (χ4v) is 1.30. The Balaban J connectivity index is 2.50. The fraction of sp³-hybridized carbons (Fsp3) is 0.286. The van der Waals surface area contributed by atoms with E-state index in [4.69, 9.17) is 4.74 Å². The number of rotatable bonds is 6. The molecule has 0 aliphatic carbocycles. The van der Waals surface area contributed by atoms with Gasteiger partial charge in [0.1, 0.15) is 12.4 Å². The maximum atomic E-state index is 11.5. The van der Waals surface area contributed by atoms with Gasteiger partial charge in [-0.1, -0.05) is 19.6 Å². The van der Waals surface area contributed by atoms with Crippen molar-refractivity contribution in [3.8, 4) is 5.75 Å². The lowest BCUT2D eigenvalue weighted by Crippen LogP contribution is -2.35. The van der Waals surface area contributed by atoms with E-state index in [0.717, 1.165) is 6.42 Å². The molecule has 0 unspecified atom stereocenters. The summed E-state index contributed by atoms with van der Waals surface area (Å²) in [5, 5.41) is 5.01. The number of hydrogen-bond acceptors (Lipinski definition) is 3. The van der Waals surface area contributed by atoms with E-state index in [1.807, 2.05) is 6.92 Å². The van der Waals surface area contributed by atoms with Crippen molar-refractivity contribution in [1.29, 1.82) is 0 Å². The van der Waals surface area contributed by atoms with Gasteiger partial charge in [0.25, 0.3) is 0 Å². The SMILES string of the molecule is C=CCOc1ccc(NC(=O)C(=O)NCCC)cc1. The van der Waals surface area contributed by atoms with Crippen LogP contribution in [0.4, 0.5) is 5.69 Å². The highest BCUT2D eigenvalue weighted by Gasteiger charge is 2.12. The summed E-state index contributed by atoms with van der Waals surface area (Å²) in [6.45, 7) is 6.38. The van der Waals surface area contributed by atoms with Crippen molar-refractivity contribution in [1.82, 2.24) is 5.32 Å². The normalized spacial score (nSPS) is 9.53. The molecule has 5 heteroatoms. The van der Waals surface area contributed by atoms with Crippen LogP contribution < -0.4 is 15.4 Å². The zero-order valence-electron chi connectivity index (χ0n) is 10.9. The Morgan fingerprint density at radius 1 is 1.26 bits per heavy atom. The molecule has 0 radical (unpaired) electrons. The molecular weight excluding hydrogens is 244 g/mol. The van der Waals surface area contributed by atoms with Gasteiger partial charge in [0.2, 0.25) is 0 Å². The van der Waals surface area contributed by atoms with Crippen molar-refractivity contribution < 1.29 is 14.3 Å². The van der Waals surface area contributed by atoms with E-state index in [-0.39, 0.29) is 0 Å². The Hall–Kier alpha value is -2.30. The number of benzene rings is 1. The van der Waals surface area contributed by atoms with Gasteiger partial charge in [0, 0.05) is 12.2 Å². The molecule has 0 atom stereocenters. The minimum Gasteiger partial charge on any atom is -0.490 e. The van der Waals surface area contributed by atoms with Gasteiger partial charge in [0.15, 0.2) is 0 Å². The van der Waals surface area contributed by atoms with Crippen LogP contribution in [0.15, 0.2) is 36.9 Å². The summed E-state index contributed by atoms with van der Waals surface area (Å²) < 4.78 is 5.31. The van der Waals surface area contributed by atoms with Crippen LogP contribution in [0.5, 0.6) is 5.75 Å². The maximum Gasteiger partial charge on any atom is 0.313 e. The minimum absolute atomic E-state index is 0.422. The molecule has 19 heavy (non-hydrogen) atoms.